The van der Waals surface area contributed by atoms with E-state index in [1.807, 2.05) is 23.1 Å². The van der Waals surface area contributed by atoms with Crippen LogP contribution >= 0.6 is 0 Å². The topological polar surface area (TPSA) is 173 Å². The molecule has 1 aliphatic rings. The van der Waals surface area contributed by atoms with Crippen molar-refractivity contribution in [3.05, 3.63) is 71.8 Å². The highest BCUT2D eigenvalue weighted by Crippen LogP contribution is 2.27. The fraction of sp³-hybridized carbons (Fsp3) is 0.296. The summed E-state index contributed by atoms with van der Waals surface area (Å²) < 4.78 is 35.7. The number of benzene rings is 3. The Balaban J connectivity index is 1.57. The normalized spacial score (nSPS) is 14.2. The molecule has 0 unspecified atom stereocenters. The number of aliphatic carboxylic acids is 1. The summed E-state index contributed by atoms with van der Waals surface area (Å²) in [6.07, 6.45) is 1.57. The molecule has 0 bridgehead atoms. The Labute approximate surface area is 227 Å². The molecule has 0 amide bonds. The van der Waals surface area contributed by atoms with Crippen LogP contribution in [0.25, 0.3) is 10.8 Å². The molecule has 3 aromatic rings. The highest BCUT2D eigenvalue weighted by atomic mass is 32.2. The Morgan fingerprint density at radius 1 is 1.08 bits per heavy atom. The molecule has 6 N–H and O–H groups in total. The van der Waals surface area contributed by atoms with Crippen LogP contribution in [0.1, 0.15) is 30.9 Å². The number of carbonyl (C=O) groups is 1. The van der Waals surface area contributed by atoms with Gasteiger partial charge in [0.25, 0.3) is 0 Å². The molecule has 12 heteroatoms. The van der Waals surface area contributed by atoms with Crippen molar-refractivity contribution >= 4 is 44.3 Å². The molecule has 0 aliphatic carbocycles. The predicted molar refractivity (Wildman–Crippen MR) is 151 cm³/mol. The molecule has 0 saturated carbocycles. The van der Waals surface area contributed by atoms with Crippen molar-refractivity contribution in [2.75, 3.05) is 23.9 Å². The van der Waals surface area contributed by atoms with Gasteiger partial charge in [-0.2, -0.15) is 13.1 Å². The first-order chi connectivity index (χ1) is 18.5. The lowest BCUT2D eigenvalue weighted by Crippen LogP contribution is -2.42. The molecule has 39 heavy (non-hydrogen) atoms. The number of likely N-dealkylation sites (tertiary alicyclic amines) is 1. The Morgan fingerprint density at radius 3 is 2.36 bits per heavy atom. The highest BCUT2D eigenvalue weighted by molar-refractivity contribution is 7.90. The zero-order valence-corrected chi connectivity index (χ0v) is 22.4. The van der Waals surface area contributed by atoms with Crippen molar-refractivity contribution in [2.24, 2.45) is 5.73 Å². The van der Waals surface area contributed by atoms with Gasteiger partial charge >= 0.3 is 16.2 Å². The summed E-state index contributed by atoms with van der Waals surface area (Å²) in [4.78, 5) is 13.1. The Hall–Kier alpha value is -4.16. The summed E-state index contributed by atoms with van der Waals surface area (Å²) in [6, 6.07) is 17.5. The number of carboxylic acid groups (broad SMARTS) is 1. The number of nitrogens with two attached hydrogens (primary N) is 1. The summed E-state index contributed by atoms with van der Waals surface area (Å²) in [5.41, 5.74) is 7.18. The quantitative estimate of drug-likeness (QED) is 0.190. The maximum Gasteiger partial charge on any atom is 0.318 e. The van der Waals surface area contributed by atoms with Crippen LogP contribution in [0.4, 0.5) is 5.69 Å². The van der Waals surface area contributed by atoms with E-state index in [-0.39, 0.29) is 18.5 Å². The average molecular weight is 553 g/mol. The minimum atomic E-state index is -4.22. The summed E-state index contributed by atoms with van der Waals surface area (Å²) in [5.74, 6) is -0.223. The lowest BCUT2D eigenvalue weighted by Gasteiger charge is -2.33. The second-order valence-electron chi connectivity index (χ2n) is 9.42. The van der Waals surface area contributed by atoms with Crippen LogP contribution < -0.4 is 19.5 Å². The van der Waals surface area contributed by atoms with Gasteiger partial charge in [0.2, 0.25) is 0 Å². The Morgan fingerprint density at radius 2 is 1.74 bits per heavy atom. The maximum absolute atomic E-state index is 13.2. The van der Waals surface area contributed by atoms with Gasteiger partial charge in [-0.15, -0.1) is 0 Å². The fourth-order valence-electron chi connectivity index (χ4n) is 4.47. The van der Waals surface area contributed by atoms with E-state index in [1.54, 1.807) is 49.4 Å². The first-order valence-corrected chi connectivity index (χ1v) is 13.9. The van der Waals surface area contributed by atoms with Crippen molar-refractivity contribution in [1.29, 1.82) is 10.8 Å². The monoisotopic (exact) mass is 552 g/mol. The van der Waals surface area contributed by atoms with E-state index in [1.165, 1.54) is 0 Å². The molecule has 206 valence electrons. The van der Waals surface area contributed by atoms with Crippen molar-refractivity contribution in [2.45, 2.75) is 32.4 Å². The molecule has 4 rings (SSSR count). The maximum atomic E-state index is 13.2. The summed E-state index contributed by atoms with van der Waals surface area (Å²) >= 11 is 0. The number of ether oxygens (including phenoxy) is 1. The van der Waals surface area contributed by atoms with Gasteiger partial charge in [0.1, 0.15) is 24.2 Å². The first-order valence-electron chi connectivity index (χ1n) is 12.4. The molecular formula is C27H32N6O5S. The number of hydrogen-bond donors (Lipinski definition) is 5. The number of carboxylic acids is 1. The molecule has 0 aromatic heterocycles. The zero-order valence-electron chi connectivity index (χ0n) is 21.6. The zero-order chi connectivity index (χ0) is 28.2. The largest absolute Gasteiger partial charge is 0.490 e. The van der Waals surface area contributed by atoms with E-state index in [9.17, 15) is 13.2 Å². The fourth-order valence-corrected chi connectivity index (χ4v) is 5.65. The van der Waals surface area contributed by atoms with Gasteiger partial charge in [-0.25, -0.2) is 0 Å². The smallest absolute Gasteiger partial charge is 0.318 e. The molecule has 1 heterocycles. The molecule has 1 fully saturated rings. The molecule has 1 saturated heterocycles. The standard InChI is InChI=1S/C27H32N6O5S/c1-18(28)32-12-10-25(11-13-32)38-24-8-6-23(7-9-24)33(39(36,37)31-16-26(34)35)17-19-2-3-20-4-5-21(27(29)30)15-22(20)14-19/h2-9,14-15,25,28,31H,10-13,16-17H2,1H3,(H3,29,30)(H,34,35). The van der Waals surface area contributed by atoms with Gasteiger partial charge in [-0.05, 0) is 59.7 Å². The van der Waals surface area contributed by atoms with E-state index in [0.717, 1.165) is 41.0 Å². The minimum Gasteiger partial charge on any atom is -0.490 e. The number of fused-ring (bicyclic) bond motifs is 1. The molecule has 11 nitrogen and oxygen atoms in total. The highest BCUT2D eigenvalue weighted by Gasteiger charge is 2.25. The Kier molecular flexibility index (Phi) is 8.36. The third-order valence-corrected chi connectivity index (χ3v) is 8.01. The van der Waals surface area contributed by atoms with E-state index in [0.29, 0.717) is 28.4 Å². The molecule has 3 aromatic carbocycles. The lowest BCUT2D eigenvalue weighted by molar-refractivity contribution is -0.135. The van der Waals surface area contributed by atoms with Crippen molar-refractivity contribution in [1.82, 2.24) is 9.62 Å². The SMILES string of the molecule is CC(=N)N1CCC(Oc2ccc(N(Cc3ccc4ccc(C(=N)N)cc4c3)S(=O)(=O)NCC(=O)O)cc2)CC1. The van der Waals surface area contributed by atoms with Crippen LogP contribution in [0.2, 0.25) is 0 Å². The lowest BCUT2D eigenvalue weighted by atomic mass is 10.0. The number of anilines is 1. The minimum absolute atomic E-state index is 0.000937. The van der Waals surface area contributed by atoms with E-state index in [2.05, 4.69) is 4.72 Å². The number of amidine groups is 2. The van der Waals surface area contributed by atoms with Crippen LogP contribution in [0.3, 0.4) is 0 Å². The van der Waals surface area contributed by atoms with Gasteiger partial charge in [0, 0.05) is 31.5 Å². The number of nitrogen functional groups attached to an aromatic ring is 1. The van der Waals surface area contributed by atoms with Crippen molar-refractivity contribution in [3.63, 3.8) is 0 Å². The number of piperidine rings is 1. The molecular weight excluding hydrogens is 520 g/mol. The second kappa shape index (κ2) is 11.7. The van der Waals surface area contributed by atoms with E-state index in [4.69, 9.17) is 26.4 Å². The summed E-state index contributed by atoms with van der Waals surface area (Å²) in [5, 5.41) is 26.2. The van der Waals surface area contributed by atoms with Crippen LogP contribution in [0.15, 0.2) is 60.7 Å². The second-order valence-corrected chi connectivity index (χ2v) is 11.1. The third kappa shape index (κ3) is 7.03. The summed E-state index contributed by atoms with van der Waals surface area (Å²) in [7, 11) is -4.22. The van der Waals surface area contributed by atoms with Crippen molar-refractivity contribution < 1.29 is 23.1 Å². The van der Waals surface area contributed by atoms with Gasteiger partial charge in [0.15, 0.2) is 0 Å². The van der Waals surface area contributed by atoms with Gasteiger partial charge in [0.05, 0.1) is 18.1 Å². The van der Waals surface area contributed by atoms with Gasteiger partial charge < -0.3 is 20.5 Å². The third-order valence-electron chi connectivity index (χ3n) is 6.58. The van der Waals surface area contributed by atoms with Crippen molar-refractivity contribution in [3.8, 4) is 5.75 Å². The van der Waals surface area contributed by atoms with Gasteiger partial charge in [-0.1, -0.05) is 24.3 Å². The number of nitrogens with zero attached hydrogens (tertiary/aromatic N) is 2. The van der Waals surface area contributed by atoms with Crippen LogP contribution in [-0.4, -0.2) is 61.8 Å². The molecule has 0 radical (unpaired) electrons. The molecule has 0 spiro atoms. The number of rotatable bonds is 10. The number of nitrogens with one attached hydrogen (secondary N) is 3. The summed E-state index contributed by atoms with van der Waals surface area (Å²) in [6.45, 7) is 2.45. The molecule has 0 atom stereocenters. The molecule has 1 aliphatic heterocycles. The Bertz CT molecular complexity index is 1480. The van der Waals surface area contributed by atoms with Crippen LogP contribution in [-0.2, 0) is 21.5 Å². The number of hydrogen-bond acceptors (Lipinski definition) is 6. The first kappa shape index (κ1) is 27.9. The van der Waals surface area contributed by atoms with E-state index < -0.39 is 22.7 Å². The predicted octanol–water partition coefficient (Wildman–Crippen LogP) is 2.89. The van der Waals surface area contributed by atoms with Crippen LogP contribution in [0, 0.1) is 10.8 Å². The average Bonchev–Trinajstić information content (AvgIpc) is 2.91. The van der Waals surface area contributed by atoms with Gasteiger partial charge in [-0.3, -0.25) is 19.9 Å². The van der Waals surface area contributed by atoms with Crippen LogP contribution in [0.5, 0.6) is 5.75 Å². The van der Waals surface area contributed by atoms with E-state index >= 15 is 0 Å².